The number of nitrogens with one attached hydrogen (secondary N) is 1. The van der Waals surface area contributed by atoms with Crippen LogP contribution in [-0.4, -0.2) is 24.3 Å². The summed E-state index contributed by atoms with van der Waals surface area (Å²) in [4.78, 5) is 11.8. The highest BCUT2D eigenvalue weighted by Crippen LogP contribution is 2.69. The van der Waals surface area contributed by atoms with Crippen LogP contribution in [0.4, 0.5) is 4.79 Å². The molecule has 1 saturated carbocycles. The van der Waals surface area contributed by atoms with Gasteiger partial charge in [0.1, 0.15) is 5.60 Å². The summed E-state index contributed by atoms with van der Waals surface area (Å²) in [7, 11) is 0. The van der Waals surface area contributed by atoms with Gasteiger partial charge in [0.05, 0.1) is 0 Å². The quantitative estimate of drug-likeness (QED) is 0.815. The molecule has 18 heavy (non-hydrogen) atoms. The van der Waals surface area contributed by atoms with Crippen LogP contribution in [0.5, 0.6) is 0 Å². The Labute approximate surface area is 111 Å². The van der Waals surface area contributed by atoms with E-state index in [1.807, 2.05) is 20.8 Å². The minimum Gasteiger partial charge on any atom is -0.444 e. The van der Waals surface area contributed by atoms with Crippen LogP contribution >= 0.6 is 0 Å². The molecule has 1 amide bonds. The first-order valence-electron chi connectivity index (χ1n) is 6.63. The Balaban J connectivity index is 2.63. The van der Waals surface area contributed by atoms with E-state index in [9.17, 15) is 4.79 Å². The van der Waals surface area contributed by atoms with Crippen molar-refractivity contribution in [3.63, 3.8) is 0 Å². The second-order valence-corrected chi connectivity index (χ2v) is 7.41. The number of carbonyl (C=O) groups excluding carboxylic acids is 1. The zero-order valence-corrected chi connectivity index (χ0v) is 12.8. The molecule has 0 heterocycles. The Hall–Kier alpha value is -0.770. The average Bonchev–Trinajstić information content (AvgIpc) is 2.51. The van der Waals surface area contributed by atoms with E-state index in [0.29, 0.717) is 12.5 Å². The van der Waals surface area contributed by atoms with Crippen LogP contribution in [0.2, 0.25) is 0 Å². The minimum absolute atomic E-state index is 0.0233. The second kappa shape index (κ2) is 4.41. The molecule has 1 rings (SSSR count). The summed E-state index contributed by atoms with van der Waals surface area (Å²) in [6.45, 7) is 14.9. The Morgan fingerprint density at radius 1 is 1.28 bits per heavy atom. The lowest BCUT2D eigenvalue weighted by Gasteiger charge is -2.24. The van der Waals surface area contributed by atoms with Gasteiger partial charge in [-0.25, -0.2) is 4.79 Å². The molecule has 1 atom stereocenters. The summed E-state index contributed by atoms with van der Waals surface area (Å²) in [5.41, 5.74) is 5.72. The molecule has 0 radical (unpaired) electrons. The van der Waals surface area contributed by atoms with Crippen molar-refractivity contribution in [2.45, 2.75) is 60.1 Å². The molecule has 4 nitrogen and oxygen atoms in total. The number of hydrogen-bond donors (Lipinski definition) is 2. The van der Waals surface area contributed by atoms with Gasteiger partial charge in [-0.1, -0.05) is 27.7 Å². The van der Waals surface area contributed by atoms with Crippen molar-refractivity contribution in [1.29, 1.82) is 0 Å². The van der Waals surface area contributed by atoms with Gasteiger partial charge >= 0.3 is 6.09 Å². The maximum Gasteiger partial charge on any atom is 0.407 e. The zero-order chi connectivity index (χ0) is 14.4. The van der Waals surface area contributed by atoms with E-state index in [0.717, 1.165) is 0 Å². The monoisotopic (exact) mass is 256 g/mol. The van der Waals surface area contributed by atoms with E-state index in [2.05, 4.69) is 33.0 Å². The van der Waals surface area contributed by atoms with Crippen LogP contribution in [-0.2, 0) is 4.74 Å². The Bertz CT molecular complexity index is 315. The van der Waals surface area contributed by atoms with E-state index in [4.69, 9.17) is 10.5 Å². The Morgan fingerprint density at radius 2 is 1.72 bits per heavy atom. The molecule has 1 aliphatic rings. The first kappa shape index (κ1) is 15.3. The first-order valence-corrected chi connectivity index (χ1v) is 6.63. The van der Waals surface area contributed by atoms with E-state index in [1.165, 1.54) is 0 Å². The van der Waals surface area contributed by atoms with E-state index in [-0.39, 0.29) is 23.0 Å². The fourth-order valence-corrected chi connectivity index (χ4v) is 2.99. The zero-order valence-electron chi connectivity index (χ0n) is 12.8. The van der Waals surface area contributed by atoms with Crippen molar-refractivity contribution < 1.29 is 9.53 Å². The normalized spacial score (nSPS) is 23.3. The molecule has 106 valence electrons. The molecule has 0 aromatic carbocycles. The van der Waals surface area contributed by atoms with E-state index < -0.39 is 5.60 Å². The summed E-state index contributed by atoms with van der Waals surface area (Å²) in [6.07, 6.45) is -0.378. The van der Waals surface area contributed by atoms with Crippen LogP contribution in [0, 0.1) is 16.7 Å². The molecule has 0 saturated heterocycles. The van der Waals surface area contributed by atoms with Crippen molar-refractivity contribution >= 4 is 6.09 Å². The number of alkyl carbamates (subject to hydrolysis) is 1. The van der Waals surface area contributed by atoms with Crippen LogP contribution in [0.1, 0.15) is 48.5 Å². The van der Waals surface area contributed by atoms with Crippen molar-refractivity contribution in [3.05, 3.63) is 0 Å². The second-order valence-electron chi connectivity index (χ2n) is 7.41. The number of carbonyl (C=O) groups is 1. The molecule has 4 heteroatoms. The van der Waals surface area contributed by atoms with Crippen molar-refractivity contribution in [2.75, 3.05) is 6.54 Å². The molecular weight excluding hydrogens is 228 g/mol. The van der Waals surface area contributed by atoms with Gasteiger partial charge < -0.3 is 15.8 Å². The van der Waals surface area contributed by atoms with Gasteiger partial charge in [0.2, 0.25) is 0 Å². The molecule has 0 aromatic heterocycles. The van der Waals surface area contributed by atoms with Gasteiger partial charge in [-0.3, -0.25) is 0 Å². The van der Waals surface area contributed by atoms with E-state index in [1.54, 1.807) is 0 Å². The van der Waals surface area contributed by atoms with Crippen molar-refractivity contribution in [1.82, 2.24) is 5.32 Å². The van der Waals surface area contributed by atoms with Gasteiger partial charge in [0.25, 0.3) is 0 Å². The van der Waals surface area contributed by atoms with E-state index >= 15 is 0 Å². The summed E-state index contributed by atoms with van der Waals surface area (Å²) < 4.78 is 5.28. The number of amides is 1. The predicted octanol–water partition coefficient (Wildman–Crippen LogP) is 2.52. The van der Waals surface area contributed by atoms with Gasteiger partial charge in [-0.05, 0) is 37.5 Å². The predicted molar refractivity (Wildman–Crippen MR) is 73.3 cm³/mol. The van der Waals surface area contributed by atoms with Gasteiger partial charge in [0.15, 0.2) is 0 Å². The number of hydrogen-bond acceptors (Lipinski definition) is 3. The molecule has 3 N–H and O–H groups in total. The molecule has 0 spiro atoms. The largest absolute Gasteiger partial charge is 0.444 e. The number of rotatable bonds is 3. The highest BCUT2D eigenvalue weighted by Gasteiger charge is 2.67. The molecular formula is C14H28N2O2. The molecule has 0 bridgehead atoms. The number of ether oxygens (including phenoxy) is 1. The van der Waals surface area contributed by atoms with Gasteiger partial charge in [-0.2, -0.15) is 0 Å². The van der Waals surface area contributed by atoms with Crippen LogP contribution in [0.3, 0.4) is 0 Å². The third kappa shape index (κ3) is 2.79. The maximum absolute atomic E-state index is 11.8. The maximum atomic E-state index is 11.8. The fourth-order valence-electron chi connectivity index (χ4n) is 2.99. The summed E-state index contributed by atoms with van der Waals surface area (Å²) in [5.74, 6) is 0.391. The first-order chi connectivity index (χ1) is 7.93. The highest BCUT2D eigenvalue weighted by molar-refractivity contribution is 5.68. The SMILES string of the molecule is CC(C)(C)OC(=O)NC(CN)C1C(C)(C)C1(C)C. The van der Waals surface area contributed by atoms with Gasteiger partial charge in [-0.15, -0.1) is 0 Å². The molecule has 0 aliphatic heterocycles. The molecule has 1 aliphatic carbocycles. The molecule has 1 fully saturated rings. The average molecular weight is 256 g/mol. The number of nitrogens with two attached hydrogens (primary N) is 1. The molecule has 1 unspecified atom stereocenters. The summed E-state index contributed by atoms with van der Waals surface area (Å²) in [6, 6.07) is -0.0233. The van der Waals surface area contributed by atoms with Crippen molar-refractivity contribution in [3.8, 4) is 0 Å². The third-order valence-electron chi connectivity index (χ3n) is 4.49. The smallest absolute Gasteiger partial charge is 0.407 e. The van der Waals surface area contributed by atoms with Crippen LogP contribution in [0.15, 0.2) is 0 Å². The van der Waals surface area contributed by atoms with Crippen LogP contribution in [0.25, 0.3) is 0 Å². The van der Waals surface area contributed by atoms with Gasteiger partial charge in [0, 0.05) is 12.6 Å². The lowest BCUT2D eigenvalue weighted by molar-refractivity contribution is 0.0495. The lowest BCUT2D eigenvalue weighted by Crippen LogP contribution is -2.45. The standard InChI is InChI=1S/C14H28N2O2/c1-12(2,3)18-11(17)16-9(8-15)10-13(4,5)14(10,6)7/h9-10H,8,15H2,1-7H3,(H,16,17). The minimum atomic E-state index is -0.474. The van der Waals surface area contributed by atoms with Crippen LogP contribution < -0.4 is 11.1 Å². The lowest BCUT2D eigenvalue weighted by atomic mass is 10.0. The fraction of sp³-hybridized carbons (Fsp3) is 0.929. The highest BCUT2D eigenvalue weighted by atomic mass is 16.6. The Morgan fingerprint density at radius 3 is 2.00 bits per heavy atom. The molecule has 0 aromatic rings. The topological polar surface area (TPSA) is 64.3 Å². The summed E-state index contributed by atoms with van der Waals surface area (Å²) >= 11 is 0. The van der Waals surface area contributed by atoms with Crippen molar-refractivity contribution in [2.24, 2.45) is 22.5 Å². The third-order valence-corrected chi connectivity index (χ3v) is 4.49. The summed E-state index contributed by atoms with van der Waals surface area (Å²) in [5, 5.41) is 2.91. The Kier molecular flexibility index (Phi) is 3.74.